The Balaban J connectivity index is 1.90. The van der Waals surface area contributed by atoms with Crippen LogP contribution in [0.15, 0.2) is 72.6 Å². The summed E-state index contributed by atoms with van der Waals surface area (Å²) in [5.41, 5.74) is 2.70. The number of halogens is 1. The number of aromatic nitrogens is 1. The van der Waals surface area contributed by atoms with Crippen LogP contribution in [-0.4, -0.2) is 47.9 Å². The van der Waals surface area contributed by atoms with Crippen LogP contribution >= 0.6 is 11.6 Å². The summed E-state index contributed by atoms with van der Waals surface area (Å²) in [4.78, 5) is 33.9. The number of nitrogens with zero attached hydrogens (tertiary/aromatic N) is 3. The molecule has 0 aliphatic carbocycles. The fourth-order valence-corrected chi connectivity index (χ4v) is 4.21. The third-order valence-corrected chi connectivity index (χ3v) is 6.02. The molecule has 4 rings (SSSR count). The number of carbonyl (C=O) groups excluding carboxylic acids is 2. The second-order valence-electron chi connectivity index (χ2n) is 8.11. The van der Waals surface area contributed by atoms with E-state index in [9.17, 15) is 14.7 Å². The van der Waals surface area contributed by atoms with Crippen LogP contribution < -0.4 is 9.64 Å². The summed E-state index contributed by atoms with van der Waals surface area (Å²) in [5, 5.41) is 11.7. The molecule has 1 aliphatic rings. The third kappa shape index (κ3) is 4.34. The number of likely N-dealkylation sites (tertiary alicyclic amines) is 1. The number of rotatable bonds is 6. The first-order valence-electron chi connectivity index (χ1n) is 10.6. The van der Waals surface area contributed by atoms with E-state index in [4.69, 9.17) is 16.3 Å². The van der Waals surface area contributed by atoms with Crippen LogP contribution in [0.4, 0.5) is 5.69 Å². The number of aliphatic hydroxyl groups is 1. The lowest BCUT2D eigenvalue weighted by atomic mass is 9.94. The largest absolute Gasteiger partial charge is 0.507 e. The Labute approximate surface area is 202 Å². The van der Waals surface area contributed by atoms with E-state index in [0.29, 0.717) is 16.3 Å². The number of amides is 1. The predicted molar refractivity (Wildman–Crippen MR) is 131 cm³/mol. The van der Waals surface area contributed by atoms with Crippen molar-refractivity contribution in [3.8, 4) is 5.75 Å². The number of Topliss-reactive ketones (excluding diaryl/α,β-unsaturated/α-hetero) is 1. The van der Waals surface area contributed by atoms with Gasteiger partial charge in [0.25, 0.3) is 11.7 Å². The first kappa shape index (κ1) is 23.3. The number of hydrogen-bond donors (Lipinski definition) is 1. The lowest BCUT2D eigenvalue weighted by molar-refractivity contribution is -0.140. The molecule has 1 N–H and O–H groups in total. The molecule has 0 radical (unpaired) electrons. The third-order valence-electron chi connectivity index (χ3n) is 5.78. The number of ketones is 1. The molecule has 1 atom stereocenters. The van der Waals surface area contributed by atoms with Gasteiger partial charge in [0.15, 0.2) is 0 Å². The first-order valence-corrected chi connectivity index (χ1v) is 11.0. The maximum atomic E-state index is 13.3. The lowest BCUT2D eigenvalue weighted by Crippen LogP contribution is -2.29. The van der Waals surface area contributed by atoms with Crippen molar-refractivity contribution in [1.29, 1.82) is 0 Å². The van der Waals surface area contributed by atoms with Crippen LogP contribution in [0.5, 0.6) is 5.75 Å². The smallest absolute Gasteiger partial charge is 0.295 e. The topological polar surface area (TPSA) is 83.0 Å². The van der Waals surface area contributed by atoms with E-state index in [-0.39, 0.29) is 23.4 Å². The van der Waals surface area contributed by atoms with E-state index < -0.39 is 17.7 Å². The van der Waals surface area contributed by atoms with Crippen molar-refractivity contribution in [2.24, 2.45) is 0 Å². The van der Waals surface area contributed by atoms with E-state index in [1.54, 1.807) is 36.7 Å². The first-order chi connectivity index (χ1) is 16.3. The molecule has 1 aliphatic heterocycles. The highest BCUT2D eigenvalue weighted by Gasteiger charge is 2.46. The Morgan fingerprint density at radius 1 is 1.09 bits per heavy atom. The summed E-state index contributed by atoms with van der Waals surface area (Å²) >= 11 is 6.16. The molecule has 1 unspecified atom stereocenters. The number of hydrogen-bond acceptors (Lipinski definition) is 6. The van der Waals surface area contributed by atoms with Crippen molar-refractivity contribution in [3.05, 3.63) is 94.3 Å². The molecule has 1 aromatic heterocycles. The zero-order valence-corrected chi connectivity index (χ0v) is 19.8. The molecule has 1 saturated heterocycles. The van der Waals surface area contributed by atoms with E-state index in [0.717, 1.165) is 11.3 Å². The number of carbonyl (C=O) groups is 2. The Hall–Kier alpha value is -3.84. The summed E-state index contributed by atoms with van der Waals surface area (Å²) in [6, 6.07) is 15.0. The van der Waals surface area contributed by atoms with Gasteiger partial charge in [-0.25, -0.2) is 0 Å². The van der Waals surface area contributed by atoms with Gasteiger partial charge in [0.05, 0.1) is 24.3 Å². The van der Waals surface area contributed by atoms with Crippen LogP contribution in [0.3, 0.4) is 0 Å². The molecule has 34 heavy (non-hydrogen) atoms. The molecule has 0 saturated carbocycles. The molecule has 7 nitrogen and oxygen atoms in total. The van der Waals surface area contributed by atoms with Crippen LogP contribution in [0, 0.1) is 0 Å². The number of anilines is 1. The Morgan fingerprint density at radius 2 is 1.76 bits per heavy atom. The zero-order chi connectivity index (χ0) is 24.4. The van der Waals surface area contributed by atoms with E-state index in [1.165, 1.54) is 18.1 Å². The molecule has 2 heterocycles. The van der Waals surface area contributed by atoms with Crippen LogP contribution in [-0.2, 0) is 16.1 Å². The second kappa shape index (κ2) is 9.57. The van der Waals surface area contributed by atoms with E-state index in [1.807, 2.05) is 43.3 Å². The summed E-state index contributed by atoms with van der Waals surface area (Å²) in [7, 11) is 5.31. The second-order valence-corrected chi connectivity index (χ2v) is 8.55. The van der Waals surface area contributed by atoms with Crippen LogP contribution in [0.1, 0.15) is 22.7 Å². The van der Waals surface area contributed by atoms with Gasteiger partial charge < -0.3 is 19.6 Å². The van der Waals surface area contributed by atoms with E-state index >= 15 is 0 Å². The quantitative estimate of drug-likeness (QED) is 0.321. The molecule has 174 valence electrons. The van der Waals surface area contributed by atoms with Gasteiger partial charge in [-0.05, 0) is 53.6 Å². The number of ether oxygens (including phenoxy) is 1. The Morgan fingerprint density at radius 3 is 2.38 bits per heavy atom. The van der Waals surface area contributed by atoms with Crippen LogP contribution in [0.2, 0.25) is 5.02 Å². The minimum Gasteiger partial charge on any atom is -0.507 e. The van der Waals surface area contributed by atoms with Gasteiger partial charge in [0, 0.05) is 43.7 Å². The van der Waals surface area contributed by atoms with Gasteiger partial charge in [-0.15, -0.1) is 0 Å². The van der Waals surface area contributed by atoms with Crippen molar-refractivity contribution >= 4 is 34.7 Å². The van der Waals surface area contributed by atoms with Crippen molar-refractivity contribution < 1.29 is 19.4 Å². The maximum Gasteiger partial charge on any atom is 0.295 e. The maximum absolute atomic E-state index is 13.3. The van der Waals surface area contributed by atoms with Gasteiger partial charge in [-0.2, -0.15) is 0 Å². The van der Waals surface area contributed by atoms with Crippen molar-refractivity contribution in [3.63, 3.8) is 0 Å². The molecule has 2 aromatic carbocycles. The van der Waals surface area contributed by atoms with Gasteiger partial charge in [0.2, 0.25) is 0 Å². The summed E-state index contributed by atoms with van der Waals surface area (Å²) in [5.74, 6) is -1.46. The average Bonchev–Trinajstić information content (AvgIpc) is 3.09. The summed E-state index contributed by atoms with van der Waals surface area (Å²) < 4.78 is 5.37. The molecule has 0 spiro atoms. The highest BCUT2D eigenvalue weighted by atomic mass is 35.5. The van der Waals surface area contributed by atoms with Crippen molar-refractivity contribution in [1.82, 2.24) is 9.88 Å². The highest BCUT2D eigenvalue weighted by molar-refractivity contribution is 6.46. The minimum atomic E-state index is -0.798. The molecular weight excluding hydrogens is 454 g/mol. The van der Waals surface area contributed by atoms with Gasteiger partial charge in [-0.3, -0.25) is 14.6 Å². The molecule has 1 amide bonds. The minimum absolute atomic E-state index is 0.0165. The number of benzene rings is 2. The number of pyridine rings is 1. The highest BCUT2D eigenvalue weighted by Crippen LogP contribution is 2.42. The summed E-state index contributed by atoms with van der Waals surface area (Å²) in [6.07, 6.45) is 3.26. The normalized spacial score (nSPS) is 17.2. The van der Waals surface area contributed by atoms with Gasteiger partial charge >= 0.3 is 0 Å². The fourth-order valence-electron chi connectivity index (χ4n) is 4.04. The number of aliphatic hydroxyl groups excluding tert-OH is 1. The predicted octanol–water partition coefficient (Wildman–Crippen LogP) is 4.43. The lowest BCUT2D eigenvalue weighted by Gasteiger charge is -2.26. The molecule has 1 fully saturated rings. The summed E-state index contributed by atoms with van der Waals surface area (Å²) in [6.45, 7) is 0.177. The van der Waals surface area contributed by atoms with Crippen molar-refractivity contribution in [2.75, 3.05) is 26.1 Å². The molecule has 3 aromatic rings. The molecule has 8 heteroatoms. The van der Waals surface area contributed by atoms with Gasteiger partial charge in [0.1, 0.15) is 11.5 Å². The number of methoxy groups -OCH3 is 1. The Kier molecular flexibility index (Phi) is 6.56. The molecular formula is C26H24ClN3O4. The fraction of sp³-hybridized carbons (Fsp3) is 0.192. The Bertz CT molecular complexity index is 1260. The van der Waals surface area contributed by atoms with Crippen molar-refractivity contribution in [2.45, 2.75) is 12.6 Å². The van der Waals surface area contributed by atoms with Crippen LogP contribution in [0.25, 0.3) is 5.76 Å². The average molecular weight is 478 g/mol. The molecule has 0 bridgehead atoms. The standard InChI is InChI=1S/C26H24ClN3O4/c1-29(2)19-7-4-17(5-8-19)23-22(24(31)20-14-18(27)6-9-21(20)34-3)25(32)26(33)30(23)15-16-10-12-28-13-11-16/h4-14,23,31H,15H2,1-3H3/b24-22+. The zero-order valence-electron chi connectivity index (χ0n) is 19.0. The van der Waals surface area contributed by atoms with E-state index in [2.05, 4.69) is 4.98 Å². The van der Waals surface area contributed by atoms with Gasteiger partial charge in [-0.1, -0.05) is 23.7 Å². The SMILES string of the molecule is COc1ccc(Cl)cc1/C(O)=C1\C(=O)C(=O)N(Cc2ccncc2)C1c1ccc(N(C)C)cc1. The monoisotopic (exact) mass is 477 g/mol.